The van der Waals surface area contributed by atoms with Crippen molar-refractivity contribution in [2.24, 2.45) is 0 Å². The van der Waals surface area contributed by atoms with Crippen LogP contribution < -0.4 is 25.0 Å². The van der Waals surface area contributed by atoms with Crippen molar-refractivity contribution < 1.29 is 31.8 Å². The second-order valence-electron chi connectivity index (χ2n) is 7.37. The normalized spacial score (nSPS) is 16.5. The summed E-state index contributed by atoms with van der Waals surface area (Å²) < 4.78 is 44.9. The summed E-state index contributed by atoms with van der Waals surface area (Å²) in [6, 6.07) is 10.8. The summed E-state index contributed by atoms with van der Waals surface area (Å²) in [5.41, 5.74) is -0.0644. The molecular formula is C23H21NO8S. The summed E-state index contributed by atoms with van der Waals surface area (Å²) in [4.78, 5) is 25.0. The Labute approximate surface area is 189 Å². The van der Waals surface area contributed by atoms with Crippen LogP contribution in [0.3, 0.4) is 0 Å². The molecule has 1 aromatic heterocycles. The van der Waals surface area contributed by atoms with E-state index in [1.165, 1.54) is 18.2 Å². The molecule has 1 N–H and O–H groups in total. The minimum Gasteiger partial charge on any atom is -0.497 e. The molecular weight excluding hydrogens is 450 g/mol. The van der Waals surface area contributed by atoms with E-state index in [9.17, 15) is 18.0 Å². The van der Waals surface area contributed by atoms with E-state index in [0.717, 1.165) is 5.41 Å². The number of ether oxygens (including phenoxy) is 3. The molecule has 0 spiro atoms. The fourth-order valence-corrected chi connectivity index (χ4v) is 4.54. The standard InChI is InChI=1S/C23H21NO8S/c1-14-23(32-17-5-3-16(29-2)4-6-17)22(26)19-8-7-18(11-20(19)31-14)30-12-21(25)24-15-9-10-33(27,28)13-15/h3-11,15H,12-13H2,1-2H3,(H,24,25). The highest BCUT2D eigenvalue weighted by atomic mass is 32.2. The maximum absolute atomic E-state index is 12.9. The van der Waals surface area contributed by atoms with Crippen molar-refractivity contribution in [3.05, 3.63) is 69.9 Å². The van der Waals surface area contributed by atoms with Crippen molar-refractivity contribution in [1.82, 2.24) is 5.32 Å². The first-order valence-electron chi connectivity index (χ1n) is 9.96. The van der Waals surface area contributed by atoms with Crippen LogP contribution in [0.4, 0.5) is 0 Å². The molecule has 1 atom stereocenters. The molecule has 1 unspecified atom stereocenters. The number of rotatable bonds is 7. The van der Waals surface area contributed by atoms with Crippen LogP contribution in [-0.4, -0.2) is 39.8 Å². The number of sulfone groups is 1. The Morgan fingerprint density at radius 2 is 1.82 bits per heavy atom. The summed E-state index contributed by atoms with van der Waals surface area (Å²) in [7, 11) is -1.70. The third-order valence-corrected chi connectivity index (χ3v) is 6.31. The Kier molecular flexibility index (Phi) is 6.10. The van der Waals surface area contributed by atoms with Gasteiger partial charge in [0.25, 0.3) is 5.91 Å². The van der Waals surface area contributed by atoms with Crippen molar-refractivity contribution >= 4 is 26.7 Å². The van der Waals surface area contributed by atoms with Crippen molar-refractivity contribution in [2.45, 2.75) is 13.0 Å². The molecule has 3 aromatic rings. The molecule has 1 amide bonds. The molecule has 1 aliphatic rings. The number of hydrogen-bond donors (Lipinski definition) is 1. The summed E-state index contributed by atoms with van der Waals surface area (Å²) in [6.07, 6.45) is 1.42. The van der Waals surface area contributed by atoms with Gasteiger partial charge in [0.15, 0.2) is 16.4 Å². The predicted molar refractivity (Wildman–Crippen MR) is 121 cm³/mol. The van der Waals surface area contributed by atoms with E-state index in [1.807, 2.05) is 0 Å². The van der Waals surface area contributed by atoms with Gasteiger partial charge in [-0.25, -0.2) is 8.42 Å². The summed E-state index contributed by atoms with van der Waals surface area (Å²) in [6.45, 7) is 1.29. The largest absolute Gasteiger partial charge is 0.497 e. The highest BCUT2D eigenvalue weighted by Gasteiger charge is 2.23. The zero-order valence-electron chi connectivity index (χ0n) is 17.9. The Bertz CT molecular complexity index is 1390. The molecule has 2 aromatic carbocycles. The van der Waals surface area contributed by atoms with Crippen LogP contribution >= 0.6 is 0 Å². The Balaban J connectivity index is 1.46. The van der Waals surface area contributed by atoms with E-state index < -0.39 is 21.8 Å². The number of benzene rings is 2. The summed E-state index contributed by atoms with van der Waals surface area (Å²) in [5.74, 6) is 1.16. The van der Waals surface area contributed by atoms with Crippen LogP contribution in [0.2, 0.25) is 0 Å². The molecule has 0 fully saturated rings. The third-order valence-electron chi connectivity index (χ3n) is 4.91. The van der Waals surface area contributed by atoms with Crippen molar-refractivity contribution in [2.75, 3.05) is 19.5 Å². The Hall–Kier alpha value is -3.79. The Morgan fingerprint density at radius 1 is 1.12 bits per heavy atom. The second kappa shape index (κ2) is 8.99. The van der Waals surface area contributed by atoms with E-state index in [2.05, 4.69) is 5.32 Å². The van der Waals surface area contributed by atoms with Crippen LogP contribution in [-0.2, 0) is 14.6 Å². The topological polar surface area (TPSA) is 121 Å². The molecule has 9 nitrogen and oxygen atoms in total. The summed E-state index contributed by atoms with van der Waals surface area (Å²) in [5, 5.41) is 3.95. The van der Waals surface area contributed by atoms with Gasteiger partial charge in [0.1, 0.15) is 28.6 Å². The first-order valence-corrected chi connectivity index (χ1v) is 11.7. The second-order valence-corrected chi connectivity index (χ2v) is 9.30. The minimum absolute atomic E-state index is 0.0697. The van der Waals surface area contributed by atoms with Gasteiger partial charge in [-0.05, 0) is 49.4 Å². The number of methoxy groups -OCH3 is 1. The van der Waals surface area contributed by atoms with Gasteiger partial charge in [-0.2, -0.15) is 0 Å². The lowest BCUT2D eigenvalue weighted by atomic mass is 10.2. The fraction of sp³-hybridized carbons (Fsp3) is 0.217. The maximum Gasteiger partial charge on any atom is 0.258 e. The van der Waals surface area contributed by atoms with Crippen molar-refractivity contribution in [3.63, 3.8) is 0 Å². The van der Waals surface area contributed by atoms with Gasteiger partial charge in [0.2, 0.25) is 11.2 Å². The number of amides is 1. The molecule has 1 aliphatic heterocycles. The average Bonchev–Trinajstić information content (AvgIpc) is 3.13. The number of carbonyl (C=O) groups excluding carboxylic acids is 1. The predicted octanol–water partition coefficient (Wildman–Crippen LogP) is 2.71. The van der Waals surface area contributed by atoms with Gasteiger partial charge in [0.05, 0.1) is 24.3 Å². The maximum atomic E-state index is 12.9. The first kappa shape index (κ1) is 22.4. The monoisotopic (exact) mass is 471 g/mol. The van der Waals surface area contributed by atoms with E-state index in [0.29, 0.717) is 22.6 Å². The van der Waals surface area contributed by atoms with Gasteiger partial charge < -0.3 is 23.9 Å². The van der Waals surface area contributed by atoms with E-state index >= 15 is 0 Å². The molecule has 0 bridgehead atoms. The van der Waals surface area contributed by atoms with Crippen LogP contribution in [0, 0.1) is 6.92 Å². The van der Waals surface area contributed by atoms with Crippen LogP contribution in [0.15, 0.2) is 63.2 Å². The molecule has 4 rings (SSSR count). The van der Waals surface area contributed by atoms with E-state index in [4.69, 9.17) is 18.6 Å². The van der Waals surface area contributed by atoms with Gasteiger partial charge >= 0.3 is 0 Å². The lowest BCUT2D eigenvalue weighted by Gasteiger charge is -2.12. The van der Waals surface area contributed by atoms with Gasteiger partial charge in [-0.3, -0.25) is 9.59 Å². The fourth-order valence-electron chi connectivity index (χ4n) is 3.30. The van der Waals surface area contributed by atoms with Crippen LogP contribution in [0.5, 0.6) is 23.0 Å². The van der Waals surface area contributed by atoms with Gasteiger partial charge in [-0.1, -0.05) is 0 Å². The molecule has 0 saturated carbocycles. The number of fused-ring (bicyclic) bond motifs is 1. The van der Waals surface area contributed by atoms with Crippen LogP contribution in [0.25, 0.3) is 11.0 Å². The van der Waals surface area contributed by atoms with Crippen LogP contribution in [0.1, 0.15) is 5.76 Å². The SMILES string of the molecule is COc1ccc(Oc2c(C)oc3cc(OCC(=O)NC4C=CS(=O)(=O)C4)ccc3c2=O)cc1. The average molecular weight is 471 g/mol. The molecule has 10 heteroatoms. The number of carbonyl (C=O) groups is 1. The smallest absolute Gasteiger partial charge is 0.258 e. The van der Waals surface area contributed by atoms with Gasteiger partial charge in [0, 0.05) is 11.5 Å². The highest BCUT2D eigenvalue weighted by molar-refractivity contribution is 7.94. The zero-order valence-corrected chi connectivity index (χ0v) is 18.7. The molecule has 33 heavy (non-hydrogen) atoms. The lowest BCUT2D eigenvalue weighted by Crippen LogP contribution is -2.38. The summed E-state index contributed by atoms with van der Waals surface area (Å²) >= 11 is 0. The number of hydrogen-bond acceptors (Lipinski definition) is 8. The first-order chi connectivity index (χ1) is 15.7. The molecule has 2 heterocycles. The molecule has 0 radical (unpaired) electrons. The van der Waals surface area contributed by atoms with Crippen molar-refractivity contribution in [1.29, 1.82) is 0 Å². The Morgan fingerprint density at radius 3 is 2.48 bits per heavy atom. The third kappa shape index (κ3) is 5.17. The quantitative estimate of drug-likeness (QED) is 0.558. The zero-order chi connectivity index (χ0) is 23.6. The minimum atomic E-state index is -3.26. The van der Waals surface area contributed by atoms with E-state index in [1.54, 1.807) is 44.4 Å². The molecule has 172 valence electrons. The molecule has 0 aliphatic carbocycles. The highest BCUT2D eigenvalue weighted by Crippen LogP contribution is 2.28. The lowest BCUT2D eigenvalue weighted by molar-refractivity contribution is -0.123. The molecule has 0 saturated heterocycles. The van der Waals surface area contributed by atoms with Gasteiger partial charge in [-0.15, -0.1) is 0 Å². The number of nitrogens with one attached hydrogen (secondary N) is 1. The van der Waals surface area contributed by atoms with Crippen molar-refractivity contribution in [3.8, 4) is 23.0 Å². The van der Waals surface area contributed by atoms with E-state index in [-0.39, 0.29) is 34.9 Å². The number of aryl methyl sites for hydroxylation is 1.